The number of rotatable bonds is 2. The molecule has 0 aromatic heterocycles. The maximum atomic E-state index is 9.68. The number of hydrogen-bond donors (Lipinski definition) is 1. The van der Waals surface area contributed by atoms with Gasteiger partial charge in [0.1, 0.15) is 6.61 Å². The molecule has 41 valence electrons. The molecular weight excluding hydrogens is 116 g/mol. The first-order chi connectivity index (χ1) is 3.27. The van der Waals surface area contributed by atoms with E-state index in [1.807, 2.05) is 0 Å². The zero-order valence-electron chi connectivity index (χ0n) is 3.59. The van der Waals surface area contributed by atoms with Gasteiger partial charge in [0.15, 0.2) is 0 Å². The third kappa shape index (κ3) is 5.65. The number of aliphatic hydroxyl groups is 1. The van der Waals surface area contributed by atoms with Crippen LogP contribution in [-0.2, 0) is 4.74 Å². The van der Waals surface area contributed by atoms with E-state index in [1.54, 1.807) is 0 Å². The van der Waals surface area contributed by atoms with Gasteiger partial charge in [-0.25, -0.2) is 4.79 Å². The summed E-state index contributed by atoms with van der Waals surface area (Å²) in [6.45, 7) is -0.162. The second-order valence-electron chi connectivity index (χ2n) is 0.822. The van der Waals surface area contributed by atoms with Crippen LogP contribution in [-0.4, -0.2) is 23.6 Å². The van der Waals surface area contributed by atoms with Crippen LogP contribution in [0.5, 0.6) is 0 Å². The molecular formula is C3H5O3S. The first-order valence-electron chi connectivity index (χ1n) is 1.72. The molecule has 0 aromatic rings. The number of aliphatic hydroxyl groups excluding tert-OH is 1. The fourth-order valence-corrected chi connectivity index (χ4v) is 0.212. The molecule has 0 amide bonds. The summed E-state index contributed by atoms with van der Waals surface area (Å²) in [5, 5.41) is 7.22. The van der Waals surface area contributed by atoms with Gasteiger partial charge in [-0.1, -0.05) is 0 Å². The maximum Gasteiger partial charge on any atom is 0.400 e. The summed E-state index contributed by atoms with van der Waals surface area (Å²) < 4.78 is 4.12. The van der Waals surface area contributed by atoms with E-state index < -0.39 is 5.30 Å². The van der Waals surface area contributed by atoms with Gasteiger partial charge in [0.25, 0.3) is 0 Å². The lowest BCUT2D eigenvalue weighted by Gasteiger charge is -1.91. The van der Waals surface area contributed by atoms with E-state index >= 15 is 0 Å². The van der Waals surface area contributed by atoms with Crippen LogP contribution in [0.4, 0.5) is 4.79 Å². The Morgan fingerprint density at radius 1 is 1.86 bits per heavy atom. The molecule has 7 heavy (non-hydrogen) atoms. The molecule has 1 radical (unpaired) electrons. The summed E-state index contributed by atoms with van der Waals surface area (Å²) in [4.78, 5) is 9.68. The van der Waals surface area contributed by atoms with Gasteiger partial charge in [-0.3, -0.25) is 0 Å². The number of ether oxygens (including phenoxy) is 1. The van der Waals surface area contributed by atoms with Crippen LogP contribution < -0.4 is 0 Å². The summed E-state index contributed by atoms with van der Waals surface area (Å²) in [5.74, 6) is 0. The van der Waals surface area contributed by atoms with Crippen molar-refractivity contribution in [1.29, 1.82) is 0 Å². The third-order valence-electron chi connectivity index (χ3n) is 0.311. The van der Waals surface area contributed by atoms with Gasteiger partial charge in [-0.05, 0) is 0 Å². The minimum atomic E-state index is -0.769. The van der Waals surface area contributed by atoms with Crippen LogP contribution in [0, 0.1) is 0 Å². The lowest BCUT2D eigenvalue weighted by atomic mass is 10.8. The second-order valence-corrected chi connectivity index (χ2v) is 1.16. The summed E-state index contributed by atoms with van der Waals surface area (Å²) in [7, 11) is 0. The van der Waals surface area contributed by atoms with Crippen LogP contribution in [0.25, 0.3) is 0 Å². The van der Waals surface area contributed by atoms with E-state index in [4.69, 9.17) is 5.11 Å². The van der Waals surface area contributed by atoms with E-state index in [9.17, 15) is 4.79 Å². The van der Waals surface area contributed by atoms with Crippen molar-refractivity contribution in [3.63, 3.8) is 0 Å². The maximum absolute atomic E-state index is 9.68. The molecule has 4 heteroatoms. The van der Waals surface area contributed by atoms with Crippen LogP contribution in [0.3, 0.4) is 0 Å². The third-order valence-corrected chi connectivity index (χ3v) is 0.429. The summed E-state index contributed by atoms with van der Waals surface area (Å²) in [6, 6.07) is 0. The lowest BCUT2D eigenvalue weighted by molar-refractivity contribution is 0.142. The summed E-state index contributed by atoms with van der Waals surface area (Å²) in [5.41, 5.74) is 0. The van der Waals surface area contributed by atoms with Crippen molar-refractivity contribution in [3.8, 4) is 0 Å². The highest BCUT2D eigenvalue weighted by Gasteiger charge is 1.89. The Labute approximate surface area is 46.7 Å². The fourth-order valence-electron chi connectivity index (χ4n) is 0.129. The Hall–Kier alpha value is -0.350. The minimum absolute atomic E-state index is 0.00231. The van der Waals surface area contributed by atoms with Crippen molar-refractivity contribution in [2.24, 2.45) is 0 Å². The molecule has 0 saturated heterocycles. The van der Waals surface area contributed by atoms with Gasteiger partial charge in [0.05, 0.1) is 6.61 Å². The average Bonchev–Trinajstić information content (AvgIpc) is 1.61. The van der Waals surface area contributed by atoms with E-state index in [0.29, 0.717) is 0 Å². The van der Waals surface area contributed by atoms with Gasteiger partial charge in [0, 0.05) is 12.6 Å². The van der Waals surface area contributed by atoms with Crippen molar-refractivity contribution in [1.82, 2.24) is 0 Å². The van der Waals surface area contributed by atoms with Crippen molar-refractivity contribution in [2.45, 2.75) is 0 Å². The highest BCUT2D eigenvalue weighted by Crippen LogP contribution is 1.82. The number of carbonyl (C=O) groups excluding carboxylic acids is 1. The molecule has 3 nitrogen and oxygen atoms in total. The van der Waals surface area contributed by atoms with Crippen LogP contribution in [0.15, 0.2) is 0 Å². The lowest BCUT2D eigenvalue weighted by Crippen LogP contribution is -1.99. The second kappa shape index (κ2) is 3.83. The van der Waals surface area contributed by atoms with E-state index in [-0.39, 0.29) is 13.2 Å². The predicted molar refractivity (Wildman–Crippen MR) is 26.0 cm³/mol. The first kappa shape index (κ1) is 6.65. The average molecular weight is 121 g/mol. The monoisotopic (exact) mass is 121 g/mol. The van der Waals surface area contributed by atoms with Gasteiger partial charge < -0.3 is 9.84 Å². The van der Waals surface area contributed by atoms with Gasteiger partial charge in [-0.2, -0.15) is 0 Å². The summed E-state index contributed by atoms with van der Waals surface area (Å²) >= 11 is 3.97. The van der Waals surface area contributed by atoms with Crippen molar-refractivity contribution >= 4 is 17.9 Å². The number of carbonyl (C=O) groups is 1. The summed E-state index contributed by atoms with van der Waals surface area (Å²) in [6.07, 6.45) is 0. The Morgan fingerprint density at radius 3 is 2.57 bits per heavy atom. The molecule has 0 aliphatic rings. The van der Waals surface area contributed by atoms with E-state index in [2.05, 4.69) is 17.4 Å². The smallest absolute Gasteiger partial charge is 0.400 e. The predicted octanol–water partition coefficient (Wildman–Crippen LogP) is 0.313. The SMILES string of the molecule is O=C([S])OCCO. The Kier molecular flexibility index (Phi) is 3.64. The molecule has 0 fully saturated rings. The van der Waals surface area contributed by atoms with Crippen molar-refractivity contribution in [2.75, 3.05) is 13.2 Å². The van der Waals surface area contributed by atoms with Gasteiger partial charge >= 0.3 is 5.30 Å². The standard InChI is InChI=1S/C3H5O3S/c4-1-2-6-3(5)7/h4H,1-2H2. The zero-order valence-corrected chi connectivity index (χ0v) is 4.40. The number of hydrogen-bond acceptors (Lipinski definition) is 3. The molecule has 0 rings (SSSR count). The molecule has 0 aliphatic heterocycles. The van der Waals surface area contributed by atoms with Crippen LogP contribution in [0.1, 0.15) is 0 Å². The van der Waals surface area contributed by atoms with Crippen LogP contribution in [0.2, 0.25) is 0 Å². The fraction of sp³-hybridized carbons (Fsp3) is 0.667. The minimum Gasteiger partial charge on any atom is -0.452 e. The van der Waals surface area contributed by atoms with Gasteiger partial charge in [0.2, 0.25) is 0 Å². The van der Waals surface area contributed by atoms with Gasteiger partial charge in [-0.15, -0.1) is 0 Å². The Morgan fingerprint density at radius 2 is 2.43 bits per heavy atom. The first-order valence-corrected chi connectivity index (χ1v) is 2.13. The quantitative estimate of drug-likeness (QED) is 0.535. The normalized spacial score (nSPS) is 8.14. The van der Waals surface area contributed by atoms with E-state index in [0.717, 1.165) is 0 Å². The molecule has 0 aliphatic carbocycles. The van der Waals surface area contributed by atoms with Crippen molar-refractivity contribution in [3.05, 3.63) is 0 Å². The molecule has 0 spiro atoms. The van der Waals surface area contributed by atoms with Crippen LogP contribution >= 0.6 is 12.6 Å². The molecule has 0 saturated carbocycles. The molecule has 0 aromatic carbocycles. The Bertz CT molecular complexity index is 63.2. The molecule has 0 atom stereocenters. The molecule has 0 unspecified atom stereocenters. The topological polar surface area (TPSA) is 46.5 Å². The molecule has 0 bridgehead atoms. The Balaban J connectivity index is 2.82. The van der Waals surface area contributed by atoms with E-state index in [1.165, 1.54) is 0 Å². The highest BCUT2D eigenvalue weighted by molar-refractivity contribution is 7.96. The highest BCUT2D eigenvalue weighted by atomic mass is 32.1. The largest absolute Gasteiger partial charge is 0.452 e. The van der Waals surface area contributed by atoms with Crippen molar-refractivity contribution < 1.29 is 14.6 Å². The molecule has 1 N–H and O–H groups in total. The zero-order chi connectivity index (χ0) is 5.70. The molecule has 0 heterocycles.